The molecule has 3 heteroatoms. The van der Waals surface area contributed by atoms with Gasteiger partial charge in [-0.3, -0.25) is 0 Å². The van der Waals surface area contributed by atoms with Gasteiger partial charge in [-0.15, -0.1) is 0 Å². The van der Waals surface area contributed by atoms with Gasteiger partial charge in [-0.2, -0.15) is 0 Å². The molecule has 1 saturated heterocycles. The van der Waals surface area contributed by atoms with Crippen LogP contribution < -0.4 is 5.32 Å². The molecule has 0 amide bonds. The van der Waals surface area contributed by atoms with Gasteiger partial charge in [0.2, 0.25) is 0 Å². The Morgan fingerprint density at radius 1 is 1.19 bits per heavy atom. The van der Waals surface area contributed by atoms with Crippen molar-refractivity contribution in [3.63, 3.8) is 0 Å². The highest BCUT2D eigenvalue weighted by molar-refractivity contribution is 4.89. The Bertz CT molecular complexity index is 296. The van der Waals surface area contributed by atoms with Crippen LogP contribution in [0.3, 0.4) is 0 Å². The van der Waals surface area contributed by atoms with Crippen molar-refractivity contribution in [2.75, 3.05) is 26.2 Å². The average molecular weight is 296 g/mol. The van der Waals surface area contributed by atoms with Gasteiger partial charge in [0.05, 0.1) is 5.60 Å². The first-order valence-electron chi connectivity index (χ1n) is 9.22. The molecule has 2 aliphatic rings. The smallest absolute Gasteiger partial charge is 0.0644 e. The lowest BCUT2D eigenvalue weighted by molar-refractivity contribution is -0.0127. The molecule has 3 unspecified atom stereocenters. The van der Waals surface area contributed by atoms with Crippen LogP contribution in [0.2, 0.25) is 0 Å². The van der Waals surface area contributed by atoms with E-state index < -0.39 is 5.60 Å². The molecule has 0 bridgehead atoms. The fourth-order valence-electron chi connectivity index (χ4n) is 4.08. The molecule has 1 saturated carbocycles. The third-order valence-corrected chi connectivity index (χ3v) is 5.75. The number of rotatable bonds is 6. The lowest BCUT2D eigenvalue weighted by Crippen LogP contribution is -2.49. The van der Waals surface area contributed by atoms with Crippen molar-refractivity contribution in [3.05, 3.63) is 0 Å². The molecular weight excluding hydrogens is 260 g/mol. The summed E-state index contributed by atoms with van der Waals surface area (Å²) >= 11 is 0. The second kappa shape index (κ2) is 7.94. The Morgan fingerprint density at radius 2 is 1.90 bits per heavy atom. The Balaban J connectivity index is 1.86. The van der Waals surface area contributed by atoms with Gasteiger partial charge < -0.3 is 15.3 Å². The van der Waals surface area contributed by atoms with Gasteiger partial charge in [-0.25, -0.2) is 0 Å². The molecule has 0 aromatic rings. The largest absolute Gasteiger partial charge is 0.390 e. The van der Waals surface area contributed by atoms with E-state index in [9.17, 15) is 5.11 Å². The van der Waals surface area contributed by atoms with Crippen molar-refractivity contribution < 1.29 is 5.11 Å². The molecule has 0 spiro atoms. The summed E-state index contributed by atoms with van der Waals surface area (Å²) < 4.78 is 0. The zero-order valence-corrected chi connectivity index (χ0v) is 14.4. The minimum absolute atomic E-state index is 0.422. The summed E-state index contributed by atoms with van der Waals surface area (Å²) in [4.78, 5) is 2.60. The van der Waals surface area contributed by atoms with Crippen LogP contribution in [0.25, 0.3) is 0 Å². The zero-order chi connectivity index (χ0) is 15.3. The zero-order valence-electron chi connectivity index (χ0n) is 14.4. The third kappa shape index (κ3) is 5.22. The maximum atomic E-state index is 10.1. The summed E-state index contributed by atoms with van der Waals surface area (Å²) in [5.74, 6) is 1.74. The summed E-state index contributed by atoms with van der Waals surface area (Å²) in [5, 5.41) is 13.9. The first kappa shape index (κ1) is 17.2. The molecule has 3 nitrogen and oxygen atoms in total. The van der Waals surface area contributed by atoms with E-state index in [2.05, 4.69) is 24.1 Å². The van der Waals surface area contributed by atoms with E-state index in [0.717, 1.165) is 50.4 Å². The topological polar surface area (TPSA) is 35.5 Å². The number of hydrogen-bond donors (Lipinski definition) is 2. The highest BCUT2D eigenvalue weighted by Gasteiger charge is 2.33. The number of hydrogen-bond acceptors (Lipinski definition) is 3. The summed E-state index contributed by atoms with van der Waals surface area (Å²) in [7, 11) is 0. The second-order valence-electron chi connectivity index (χ2n) is 7.71. The van der Waals surface area contributed by atoms with Crippen molar-refractivity contribution in [1.29, 1.82) is 0 Å². The highest BCUT2D eigenvalue weighted by Crippen LogP contribution is 2.33. The van der Waals surface area contributed by atoms with Gasteiger partial charge in [0, 0.05) is 25.7 Å². The number of nitrogens with zero attached hydrogens (tertiary/aromatic N) is 1. The standard InChI is InChI=1S/C18H36N2O/c1-4-10-19-17-7-6-15(5-2)13-16(17)14-20-11-8-18(3,21)9-12-20/h15-17,19,21H,4-14H2,1-3H3. The maximum absolute atomic E-state index is 10.1. The van der Waals surface area contributed by atoms with E-state index in [1.54, 1.807) is 0 Å². The number of aliphatic hydroxyl groups is 1. The maximum Gasteiger partial charge on any atom is 0.0644 e. The predicted octanol–water partition coefficient (Wildman–Crippen LogP) is 3.03. The van der Waals surface area contributed by atoms with Gasteiger partial charge in [-0.05, 0) is 63.8 Å². The van der Waals surface area contributed by atoms with Crippen LogP contribution in [0.1, 0.15) is 65.7 Å². The summed E-state index contributed by atoms with van der Waals surface area (Å²) in [6.07, 6.45) is 8.59. The van der Waals surface area contributed by atoms with Crippen molar-refractivity contribution in [2.45, 2.75) is 77.4 Å². The molecular formula is C18H36N2O. The summed E-state index contributed by atoms with van der Waals surface area (Å²) in [5.41, 5.74) is -0.422. The first-order valence-corrected chi connectivity index (χ1v) is 9.22. The SMILES string of the molecule is CCCNC1CCC(CC)CC1CN1CCC(C)(O)CC1. The fourth-order valence-corrected chi connectivity index (χ4v) is 4.08. The molecule has 3 atom stereocenters. The van der Waals surface area contributed by atoms with E-state index >= 15 is 0 Å². The lowest BCUT2D eigenvalue weighted by Gasteiger charge is -2.42. The van der Waals surface area contributed by atoms with Crippen LogP contribution in [0.5, 0.6) is 0 Å². The molecule has 0 radical (unpaired) electrons. The molecule has 0 aromatic carbocycles. The third-order valence-electron chi connectivity index (χ3n) is 5.75. The van der Waals surface area contributed by atoms with Crippen LogP contribution >= 0.6 is 0 Å². The molecule has 1 heterocycles. The van der Waals surface area contributed by atoms with Gasteiger partial charge in [0.15, 0.2) is 0 Å². The van der Waals surface area contributed by atoms with Gasteiger partial charge in [-0.1, -0.05) is 20.3 Å². The van der Waals surface area contributed by atoms with Crippen LogP contribution in [0.4, 0.5) is 0 Å². The van der Waals surface area contributed by atoms with Gasteiger partial charge >= 0.3 is 0 Å². The fraction of sp³-hybridized carbons (Fsp3) is 1.00. The molecule has 2 fully saturated rings. The van der Waals surface area contributed by atoms with E-state index in [1.165, 1.54) is 38.6 Å². The molecule has 1 aliphatic carbocycles. The molecule has 0 aromatic heterocycles. The van der Waals surface area contributed by atoms with Crippen molar-refractivity contribution >= 4 is 0 Å². The van der Waals surface area contributed by atoms with Crippen molar-refractivity contribution in [2.24, 2.45) is 11.8 Å². The van der Waals surface area contributed by atoms with E-state index in [4.69, 9.17) is 0 Å². The number of likely N-dealkylation sites (tertiary alicyclic amines) is 1. The Kier molecular flexibility index (Phi) is 6.51. The summed E-state index contributed by atoms with van der Waals surface area (Å²) in [6, 6.07) is 0.718. The van der Waals surface area contributed by atoms with Crippen LogP contribution in [-0.4, -0.2) is 47.8 Å². The molecule has 21 heavy (non-hydrogen) atoms. The molecule has 2 N–H and O–H groups in total. The second-order valence-corrected chi connectivity index (χ2v) is 7.71. The Labute approximate surface area is 131 Å². The molecule has 124 valence electrons. The average Bonchev–Trinajstić information content (AvgIpc) is 2.48. The predicted molar refractivity (Wildman–Crippen MR) is 89.5 cm³/mol. The minimum atomic E-state index is -0.422. The van der Waals surface area contributed by atoms with Crippen molar-refractivity contribution in [1.82, 2.24) is 10.2 Å². The monoisotopic (exact) mass is 296 g/mol. The first-order chi connectivity index (χ1) is 10.0. The Hall–Kier alpha value is -0.120. The minimum Gasteiger partial charge on any atom is -0.390 e. The highest BCUT2D eigenvalue weighted by atomic mass is 16.3. The van der Waals surface area contributed by atoms with Crippen LogP contribution in [0.15, 0.2) is 0 Å². The number of nitrogens with one attached hydrogen (secondary N) is 1. The summed E-state index contributed by atoms with van der Waals surface area (Å²) in [6.45, 7) is 11.1. The van der Waals surface area contributed by atoms with E-state index in [0.29, 0.717) is 0 Å². The van der Waals surface area contributed by atoms with E-state index in [-0.39, 0.29) is 0 Å². The molecule has 2 rings (SSSR count). The normalized spacial score (nSPS) is 34.0. The molecule has 1 aliphatic heterocycles. The lowest BCUT2D eigenvalue weighted by atomic mass is 9.76. The van der Waals surface area contributed by atoms with Crippen LogP contribution in [0, 0.1) is 11.8 Å². The Morgan fingerprint density at radius 3 is 2.52 bits per heavy atom. The van der Waals surface area contributed by atoms with Crippen LogP contribution in [-0.2, 0) is 0 Å². The van der Waals surface area contributed by atoms with Crippen molar-refractivity contribution in [3.8, 4) is 0 Å². The van der Waals surface area contributed by atoms with E-state index in [1.807, 2.05) is 6.92 Å². The van der Waals surface area contributed by atoms with Gasteiger partial charge in [0.1, 0.15) is 0 Å². The number of piperidine rings is 1. The van der Waals surface area contributed by atoms with Gasteiger partial charge in [0.25, 0.3) is 0 Å². The quantitative estimate of drug-likeness (QED) is 0.791.